The Hall–Kier alpha value is -1.70. The minimum atomic E-state index is 0.946. The number of hydrogen-bond donors (Lipinski definition) is 2. The average Bonchev–Trinajstić information content (AvgIpc) is 2.64. The van der Waals surface area contributed by atoms with Crippen LogP contribution < -0.4 is 5.32 Å². The van der Waals surface area contributed by atoms with Gasteiger partial charge in [0.2, 0.25) is 0 Å². The van der Waals surface area contributed by atoms with Crippen molar-refractivity contribution >= 4 is 10.9 Å². The van der Waals surface area contributed by atoms with Crippen molar-refractivity contribution in [3.8, 4) is 0 Å². The minimum absolute atomic E-state index is 0.946. The first-order valence-electron chi connectivity index (χ1n) is 5.21. The summed E-state index contributed by atoms with van der Waals surface area (Å²) in [5.41, 5.74) is 3.58. The Balaban J connectivity index is 2.04. The van der Waals surface area contributed by atoms with E-state index in [2.05, 4.69) is 41.1 Å². The van der Waals surface area contributed by atoms with Crippen molar-refractivity contribution in [2.45, 2.75) is 13.3 Å². The molecule has 2 N–H and O–H groups in total. The quantitative estimate of drug-likeness (QED) is 0.780. The summed E-state index contributed by atoms with van der Waals surface area (Å²) in [5, 5.41) is 4.50. The highest BCUT2D eigenvalue weighted by molar-refractivity contribution is 5.79. The van der Waals surface area contributed by atoms with Gasteiger partial charge in [0.25, 0.3) is 0 Å². The van der Waals surface area contributed by atoms with Gasteiger partial charge in [-0.3, -0.25) is 0 Å². The summed E-state index contributed by atoms with van der Waals surface area (Å²) >= 11 is 0. The lowest BCUT2D eigenvalue weighted by molar-refractivity contribution is 0.792. The van der Waals surface area contributed by atoms with E-state index in [1.807, 2.05) is 13.1 Å². The summed E-state index contributed by atoms with van der Waals surface area (Å²) in [7, 11) is 0. The van der Waals surface area contributed by atoms with Crippen molar-refractivity contribution in [1.29, 1.82) is 0 Å². The Labute approximate surface area is 90.0 Å². The van der Waals surface area contributed by atoms with Crippen molar-refractivity contribution in [1.82, 2.24) is 10.3 Å². The molecule has 0 fully saturated rings. The molecule has 1 aromatic heterocycles. The lowest BCUT2D eigenvalue weighted by Gasteiger charge is -2.05. The molecule has 0 aliphatic rings. The molecule has 0 saturated carbocycles. The van der Waals surface area contributed by atoms with Gasteiger partial charge in [-0.15, -0.1) is 0 Å². The number of H-pyrrole nitrogens is 1. The maximum absolute atomic E-state index is 3.81. The van der Waals surface area contributed by atoms with Gasteiger partial charge in [-0.1, -0.05) is 18.7 Å². The van der Waals surface area contributed by atoms with Gasteiger partial charge in [-0.2, -0.15) is 0 Å². The van der Waals surface area contributed by atoms with Crippen molar-refractivity contribution in [3.05, 3.63) is 48.3 Å². The molecule has 0 atom stereocenters. The molecule has 78 valence electrons. The predicted molar refractivity (Wildman–Crippen MR) is 64.8 cm³/mol. The fraction of sp³-hybridized carbons (Fsp3) is 0.231. The van der Waals surface area contributed by atoms with Crippen LogP contribution in [0.15, 0.2) is 42.7 Å². The lowest BCUT2D eigenvalue weighted by atomic mass is 10.1. The van der Waals surface area contributed by atoms with Crippen LogP contribution in [0.25, 0.3) is 10.9 Å². The van der Waals surface area contributed by atoms with E-state index in [0.717, 1.165) is 18.7 Å². The maximum Gasteiger partial charge on any atom is 0.0456 e. The van der Waals surface area contributed by atoms with E-state index in [9.17, 15) is 0 Å². The number of nitrogens with one attached hydrogen (secondary N) is 2. The molecule has 0 unspecified atom stereocenters. The topological polar surface area (TPSA) is 27.8 Å². The largest absolute Gasteiger partial charge is 0.389 e. The third-order valence-electron chi connectivity index (χ3n) is 2.46. The molecule has 1 aromatic carbocycles. The van der Waals surface area contributed by atoms with Gasteiger partial charge in [0, 0.05) is 24.0 Å². The second-order valence-corrected chi connectivity index (χ2v) is 3.86. The molecule has 15 heavy (non-hydrogen) atoms. The Bertz CT molecular complexity index is 468. The zero-order valence-electron chi connectivity index (χ0n) is 9.01. The van der Waals surface area contributed by atoms with Gasteiger partial charge in [0.1, 0.15) is 0 Å². The van der Waals surface area contributed by atoms with E-state index in [4.69, 9.17) is 0 Å². The number of allylic oxidation sites excluding steroid dienone is 1. The van der Waals surface area contributed by atoms with Crippen molar-refractivity contribution in [2.24, 2.45) is 0 Å². The van der Waals surface area contributed by atoms with Crippen LogP contribution in [0.5, 0.6) is 0 Å². The molecule has 0 aliphatic heterocycles. The highest BCUT2D eigenvalue weighted by Gasteiger charge is 1.96. The second kappa shape index (κ2) is 4.22. The van der Waals surface area contributed by atoms with Crippen LogP contribution in [0.3, 0.4) is 0 Å². The third kappa shape index (κ3) is 2.40. The van der Waals surface area contributed by atoms with Gasteiger partial charge in [0.15, 0.2) is 0 Å². The molecular weight excluding hydrogens is 184 g/mol. The molecule has 0 saturated heterocycles. The van der Waals surface area contributed by atoms with Crippen LogP contribution in [0, 0.1) is 0 Å². The van der Waals surface area contributed by atoms with Crippen LogP contribution >= 0.6 is 0 Å². The summed E-state index contributed by atoms with van der Waals surface area (Å²) in [5.74, 6) is 0. The van der Waals surface area contributed by atoms with Crippen molar-refractivity contribution in [3.63, 3.8) is 0 Å². The fourth-order valence-electron chi connectivity index (χ4n) is 1.67. The molecule has 0 radical (unpaired) electrons. The van der Waals surface area contributed by atoms with Crippen LogP contribution in [0.1, 0.15) is 12.5 Å². The zero-order valence-corrected chi connectivity index (χ0v) is 9.01. The van der Waals surface area contributed by atoms with Crippen LogP contribution in [-0.4, -0.2) is 11.5 Å². The molecule has 2 heteroatoms. The number of aromatic amines is 1. The number of fused-ring (bicyclic) bond motifs is 1. The Morgan fingerprint density at radius 3 is 3.07 bits per heavy atom. The van der Waals surface area contributed by atoms with Crippen LogP contribution in [0.2, 0.25) is 0 Å². The number of benzene rings is 1. The van der Waals surface area contributed by atoms with Gasteiger partial charge in [-0.05, 0) is 36.4 Å². The highest BCUT2D eigenvalue weighted by Crippen LogP contribution is 2.14. The SMILES string of the molecule is C=C(C)NCCc1ccc2cc[nH]c2c1. The predicted octanol–water partition coefficient (Wildman–Crippen LogP) is 2.83. The first kappa shape index (κ1) is 9.84. The van der Waals surface area contributed by atoms with E-state index in [1.165, 1.54) is 16.5 Å². The first-order valence-corrected chi connectivity index (χ1v) is 5.21. The number of rotatable bonds is 4. The summed E-state index contributed by atoms with van der Waals surface area (Å²) in [6, 6.07) is 8.62. The summed E-state index contributed by atoms with van der Waals surface area (Å²) in [6.45, 7) is 6.74. The zero-order chi connectivity index (χ0) is 10.7. The van der Waals surface area contributed by atoms with E-state index < -0.39 is 0 Å². The monoisotopic (exact) mass is 200 g/mol. The van der Waals surface area contributed by atoms with Gasteiger partial charge in [0.05, 0.1) is 0 Å². The van der Waals surface area contributed by atoms with Crippen molar-refractivity contribution in [2.75, 3.05) is 6.54 Å². The number of aromatic nitrogens is 1. The van der Waals surface area contributed by atoms with Crippen LogP contribution in [-0.2, 0) is 6.42 Å². The maximum atomic E-state index is 3.81. The molecule has 2 nitrogen and oxygen atoms in total. The van der Waals surface area contributed by atoms with Crippen molar-refractivity contribution < 1.29 is 0 Å². The van der Waals surface area contributed by atoms with Gasteiger partial charge >= 0.3 is 0 Å². The third-order valence-corrected chi connectivity index (χ3v) is 2.46. The Kier molecular flexibility index (Phi) is 2.77. The van der Waals surface area contributed by atoms with E-state index in [1.54, 1.807) is 0 Å². The summed E-state index contributed by atoms with van der Waals surface area (Å²) in [4.78, 5) is 3.22. The molecule has 0 bridgehead atoms. The molecule has 2 rings (SSSR count). The Morgan fingerprint density at radius 1 is 1.40 bits per heavy atom. The molecule has 0 spiro atoms. The average molecular weight is 200 g/mol. The standard InChI is InChI=1S/C13H16N2/c1-10(2)14-7-5-11-3-4-12-6-8-15-13(12)9-11/h3-4,6,8-9,14-15H,1,5,7H2,2H3. The second-order valence-electron chi connectivity index (χ2n) is 3.86. The first-order chi connectivity index (χ1) is 7.25. The highest BCUT2D eigenvalue weighted by atomic mass is 14.9. The van der Waals surface area contributed by atoms with Gasteiger partial charge in [-0.25, -0.2) is 0 Å². The van der Waals surface area contributed by atoms with Gasteiger partial charge < -0.3 is 10.3 Å². The van der Waals surface area contributed by atoms with Crippen LogP contribution in [0.4, 0.5) is 0 Å². The summed E-state index contributed by atoms with van der Waals surface area (Å²) in [6.07, 6.45) is 3.00. The van der Waals surface area contributed by atoms with E-state index in [0.29, 0.717) is 0 Å². The Morgan fingerprint density at radius 2 is 2.27 bits per heavy atom. The molecule has 0 amide bonds. The molecular formula is C13H16N2. The smallest absolute Gasteiger partial charge is 0.0456 e. The summed E-state index contributed by atoms with van der Waals surface area (Å²) < 4.78 is 0. The molecule has 2 aromatic rings. The normalized spacial score (nSPS) is 10.5. The number of hydrogen-bond acceptors (Lipinski definition) is 1. The lowest BCUT2D eigenvalue weighted by Crippen LogP contribution is -2.13. The molecule has 0 aliphatic carbocycles. The molecule has 1 heterocycles. The fourth-order valence-corrected chi connectivity index (χ4v) is 1.67. The van der Waals surface area contributed by atoms with E-state index in [-0.39, 0.29) is 0 Å². The minimum Gasteiger partial charge on any atom is -0.389 e. The van der Waals surface area contributed by atoms with E-state index >= 15 is 0 Å².